The molecule has 0 fully saturated rings. The van der Waals surface area contributed by atoms with E-state index in [0.29, 0.717) is 0 Å². The highest BCUT2D eigenvalue weighted by Crippen LogP contribution is 2.45. The maximum Gasteiger partial charge on any atom is 0.0998 e. The number of hydrogen-bond donors (Lipinski definition) is 1. The maximum atomic E-state index is 9.83. The number of nitriles is 1. The third kappa shape index (κ3) is 1.70. The normalized spacial score (nSPS) is 11.6. The summed E-state index contributed by atoms with van der Waals surface area (Å²) >= 11 is 0. The quantitative estimate of drug-likeness (QED) is 0.290. The molecule has 0 heterocycles. The minimum atomic E-state index is 0.735. The molecule has 2 nitrogen and oxygen atoms in total. The Morgan fingerprint density at radius 3 is 2.35 bits per heavy atom. The highest BCUT2D eigenvalue weighted by atomic mass is 14.8. The number of nitrogens with zero attached hydrogens (tertiary/aromatic N) is 1. The second-order valence-corrected chi connectivity index (χ2v) is 7.05. The fraction of sp³-hybridized carbons (Fsp3) is 0.125. The van der Waals surface area contributed by atoms with Gasteiger partial charge in [0.1, 0.15) is 0 Å². The summed E-state index contributed by atoms with van der Waals surface area (Å²) in [6.07, 6.45) is 0. The van der Waals surface area contributed by atoms with Crippen LogP contribution in [-0.4, -0.2) is 7.05 Å². The smallest absolute Gasteiger partial charge is 0.0998 e. The Kier molecular flexibility index (Phi) is 2.94. The fourth-order valence-electron chi connectivity index (χ4n) is 4.61. The van der Waals surface area contributed by atoms with Gasteiger partial charge in [0.15, 0.2) is 0 Å². The van der Waals surface area contributed by atoms with Crippen LogP contribution in [0.3, 0.4) is 0 Å². The zero-order valence-electron chi connectivity index (χ0n) is 15.1. The van der Waals surface area contributed by atoms with Crippen LogP contribution in [0.15, 0.2) is 48.5 Å². The summed E-state index contributed by atoms with van der Waals surface area (Å²) in [4.78, 5) is 0. The van der Waals surface area contributed by atoms with Gasteiger partial charge in [-0.05, 0) is 64.0 Å². The third-order valence-electron chi connectivity index (χ3n) is 5.66. The van der Waals surface area contributed by atoms with Crippen LogP contribution in [0, 0.1) is 25.2 Å². The number of aryl methyl sites for hydroxylation is 2. The van der Waals surface area contributed by atoms with Crippen LogP contribution >= 0.6 is 0 Å². The lowest BCUT2D eigenvalue weighted by atomic mass is 9.85. The monoisotopic (exact) mass is 334 g/mol. The van der Waals surface area contributed by atoms with Crippen LogP contribution in [0.2, 0.25) is 0 Å². The van der Waals surface area contributed by atoms with Gasteiger partial charge in [-0.25, -0.2) is 0 Å². The predicted octanol–water partition coefficient (Wildman–Crippen LogP) is 6.27. The maximum absolute atomic E-state index is 9.83. The molecule has 0 aliphatic heterocycles. The molecule has 0 saturated carbocycles. The zero-order valence-corrected chi connectivity index (χ0v) is 15.1. The number of anilines is 1. The standard InChI is InChI=1S/C24H18N2/c1-13-7-10-18-17-6-4-5-15-8-9-16(12-25)22(21(15)17)24-19(26-3)11-14(2)20(13)23(18)24/h4-11,26H,1-3H3. The second-order valence-electron chi connectivity index (χ2n) is 7.05. The van der Waals surface area contributed by atoms with Crippen molar-refractivity contribution in [2.24, 2.45) is 0 Å². The molecule has 5 rings (SSSR count). The summed E-state index contributed by atoms with van der Waals surface area (Å²) in [7, 11) is 1.96. The van der Waals surface area contributed by atoms with Crippen LogP contribution in [0.5, 0.6) is 0 Å². The van der Waals surface area contributed by atoms with Crippen molar-refractivity contribution in [2.75, 3.05) is 12.4 Å². The molecule has 0 amide bonds. The molecular weight excluding hydrogens is 316 g/mol. The highest BCUT2D eigenvalue weighted by Gasteiger charge is 2.19. The minimum Gasteiger partial charge on any atom is -0.388 e. The van der Waals surface area contributed by atoms with Crippen LogP contribution in [0.25, 0.3) is 43.1 Å². The third-order valence-corrected chi connectivity index (χ3v) is 5.66. The molecule has 0 aromatic heterocycles. The van der Waals surface area contributed by atoms with Gasteiger partial charge in [0.25, 0.3) is 0 Å². The number of nitrogens with one attached hydrogen (secondary N) is 1. The molecule has 26 heavy (non-hydrogen) atoms. The molecule has 0 aliphatic carbocycles. The molecule has 5 aromatic carbocycles. The summed E-state index contributed by atoms with van der Waals surface area (Å²) < 4.78 is 0. The van der Waals surface area contributed by atoms with Gasteiger partial charge in [-0.15, -0.1) is 0 Å². The minimum absolute atomic E-state index is 0.735. The molecule has 0 aliphatic rings. The lowest BCUT2D eigenvalue weighted by Gasteiger charge is -2.20. The van der Waals surface area contributed by atoms with E-state index in [-0.39, 0.29) is 0 Å². The Labute approximate surface area is 152 Å². The van der Waals surface area contributed by atoms with Crippen molar-refractivity contribution in [2.45, 2.75) is 13.8 Å². The van der Waals surface area contributed by atoms with Gasteiger partial charge in [0.05, 0.1) is 11.6 Å². The van der Waals surface area contributed by atoms with E-state index in [1.807, 2.05) is 13.1 Å². The number of hydrogen-bond acceptors (Lipinski definition) is 2. The van der Waals surface area contributed by atoms with Crippen LogP contribution in [-0.2, 0) is 0 Å². The highest BCUT2D eigenvalue weighted by molar-refractivity contribution is 6.36. The molecule has 5 aromatic rings. The topological polar surface area (TPSA) is 35.8 Å². The first-order chi connectivity index (χ1) is 12.7. The number of fused-ring (bicyclic) bond motifs is 2. The van der Waals surface area contributed by atoms with Crippen molar-refractivity contribution in [1.29, 1.82) is 5.26 Å². The van der Waals surface area contributed by atoms with E-state index in [4.69, 9.17) is 0 Å². The molecule has 0 spiro atoms. The first kappa shape index (κ1) is 15.0. The average Bonchev–Trinajstić information content (AvgIpc) is 2.66. The van der Waals surface area contributed by atoms with Gasteiger partial charge in [-0.3, -0.25) is 0 Å². The van der Waals surface area contributed by atoms with Crippen molar-refractivity contribution in [3.05, 3.63) is 65.2 Å². The van der Waals surface area contributed by atoms with Gasteiger partial charge in [0, 0.05) is 28.9 Å². The summed E-state index contributed by atoms with van der Waals surface area (Å²) in [5, 5.41) is 22.8. The van der Waals surface area contributed by atoms with Crippen molar-refractivity contribution in [3.63, 3.8) is 0 Å². The lowest BCUT2D eigenvalue weighted by Crippen LogP contribution is -1.97. The van der Waals surface area contributed by atoms with E-state index < -0.39 is 0 Å². The van der Waals surface area contributed by atoms with Crippen LogP contribution in [0.4, 0.5) is 5.69 Å². The van der Waals surface area contributed by atoms with E-state index in [2.05, 4.69) is 67.7 Å². The first-order valence-electron chi connectivity index (χ1n) is 8.87. The van der Waals surface area contributed by atoms with E-state index in [9.17, 15) is 5.26 Å². The molecular formula is C24H18N2. The predicted molar refractivity (Wildman–Crippen MR) is 111 cm³/mol. The summed E-state index contributed by atoms with van der Waals surface area (Å²) in [6, 6.07) is 19.5. The van der Waals surface area contributed by atoms with Gasteiger partial charge in [-0.1, -0.05) is 36.4 Å². The van der Waals surface area contributed by atoms with Gasteiger partial charge in [-0.2, -0.15) is 5.26 Å². The SMILES string of the molecule is CNc1cc(C)c2c(C)ccc3c4cccc5ccc(C#N)c(c1c23)c54. The Morgan fingerprint density at radius 1 is 0.769 bits per heavy atom. The van der Waals surface area contributed by atoms with E-state index in [1.165, 1.54) is 43.4 Å². The zero-order chi connectivity index (χ0) is 18.0. The molecule has 0 radical (unpaired) electrons. The molecule has 0 saturated heterocycles. The molecule has 0 atom stereocenters. The van der Waals surface area contributed by atoms with Crippen LogP contribution in [0.1, 0.15) is 16.7 Å². The van der Waals surface area contributed by atoms with Crippen molar-refractivity contribution in [3.8, 4) is 6.07 Å². The van der Waals surface area contributed by atoms with Crippen molar-refractivity contribution < 1.29 is 0 Å². The Balaban J connectivity index is 2.31. The second kappa shape index (κ2) is 5.09. The Hall–Kier alpha value is -3.31. The average molecular weight is 334 g/mol. The van der Waals surface area contributed by atoms with E-state index >= 15 is 0 Å². The molecule has 0 unspecified atom stereocenters. The summed E-state index contributed by atoms with van der Waals surface area (Å²) in [6.45, 7) is 4.34. The van der Waals surface area contributed by atoms with Crippen LogP contribution < -0.4 is 5.32 Å². The summed E-state index contributed by atoms with van der Waals surface area (Å²) in [5.74, 6) is 0. The molecule has 2 heteroatoms. The first-order valence-corrected chi connectivity index (χ1v) is 8.87. The Morgan fingerprint density at radius 2 is 1.58 bits per heavy atom. The van der Waals surface area contributed by atoms with E-state index in [0.717, 1.165) is 22.0 Å². The van der Waals surface area contributed by atoms with Crippen molar-refractivity contribution in [1.82, 2.24) is 0 Å². The number of rotatable bonds is 1. The molecule has 1 N–H and O–H groups in total. The Bertz CT molecular complexity index is 1390. The van der Waals surface area contributed by atoms with Gasteiger partial charge >= 0.3 is 0 Å². The van der Waals surface area contributed by atoms with E-state index in [1.54, 1.807) is 0 Å². The van der Waals surface area contributed by atoms with Gasteiger partial charge in [0.2, 0.25) is 0 Å². The largest absolute Gasteiger partial charge is 0.388 e. The molecule has 124 valence electrons. The van der Waals surface area contributed by atoms with Gasteiger partial charge < -0.3 is 5.32 Å². The summed E-state index contributed by atoms with van der Waals surface area (Å²) in [5.41, 5.74) is 4.35. The lowest BCUT2D eigenvalue weighted by molar-refractivity contribution is 1.45. The molecule has 0 bridgehead atoms. The van der Waals surface area contributed by atoms with Crippen molar-refractivity contribution >= 4 is 48.8 Å². The fourth-order valence-corrected chi connectivity index (χ4v) is 4.61. The number of benzene rings is 5.